The van der Waals surface area contributed by atoms with Crippen LogP contribution >= 0.6 is 0 Å². The Morgan fingerprint density at radius 1 is 0.741 bits per heavy atom. The van der Waals surface area contributed by atoms with Crippen molar-refractivity contribution in [3.05, 3.63) is 96.6 Å². The highest BCUT2D eigenvalue weighted by molar-refractivity contribution is 7.91. The van der Waals surface area contributed by atoms with E-state index in [1.165, 1.54) is 0 Å². The Bertz CT molecular complexity index is 972. The van der Waals surface area contributed by atoms with Crippen LogP contribution in [0.2, 0.25) is 0 Å². The highest BCUT2D eigenvalue weighted by atomic mass is 32.2. The molecule has 3 rings (SSSR count). The Morgan fingerprint density at radius 2 is 1.26 bits per heavy atom. The highest BCUT2D eigenvalue weighted by Crippen LogP contribution is 2.19. The first kappa shape index (κ1) is 18.9. The zero-order chi connectivity index (χ0) is 19.1. The molecule has 0 saturated heterocycles. The van der Waals surface area contributed by atoms with Gasteiger partial charge in [-0.25, -0.2) is 8.42 Å². The second-order valence-corrected chi connectivity index (χ2v) is 8.29. The minimum absolute atomic E-state index is 0.0705. The molecule has 0 heterocycles. The fourth-order valence-corrected chi connectivity index (χ4v) is 4.05. The first-order valence-corrected chi connectivity index (χ1v) is 10.4. The first-order valence-electron chi connectivity index (χ1n) is 8.73. The van der Waals surface area contributed by atoms with Crippen molar-refractivity contribution in [2.75, 3.05) is 10.7 Å². The quantitative estimate of drug-likeness (QED) is 0.621. The van der Waals surface area contributed by atoms with Gasteiger partial charge in [-0.05, 0) is 29.8 Å². The predicted octanol–water partition coefficient (Wildman–Crippen LogP) is 4.08. The second-order valence-electron chi connectivity index (χ2n) is 6.18. The van der Waals surface area contributed by atoms with Crippen LogP contribution in [0.4, 0.5) is 5.69 Å². The van der Waals surface area contributed by atoms with Crippen molar-refractivity contribution in [3.8, 4) is 0 Å². The molecule has 0 aliphatic carbocycles. The monoisotopic (exact) mass is 379 g/mol. The van der Waals surface area contributed by atoms with E-state index in [1.807, 2.05) is 60.7 Å². The third-order valence-electron chi connectivity index (χ3n) is 4.24. The van der Waals surface area contributed by atoms with Crippen molar-refractivity contribution < 1.29 is 13.2 Å². The van der Waals surface area contributed by atoms with Crippen molar-refractivity contribution in [3.63, 3.8) is 0 Å². The van der Waals surface area contributed by atoms with Gasteiger partial charge in [-0.1, -0.05) is 66.7 Å². The molecule has 27 heavy (non-hydrogen) atoms. The number of anilines is 1. The van der Waals surface area contributed by atoms with Crippen LogP contribution in [0.25, 0.3) is 0 Å². The lowest BCUT2D eigenvalue weighted by molar-refractivity contribution is -0.118. The fraction of sp³-hybridized carbons (Fsp3) is 0.136. The maximum Gasteiger partial charge on any atom is 0.228 e. The van der Waals surface area contributed by atoms with Crippen molar-refractivity contribution in [1.29, 1.82) is 0 Å². The average Bonchev–Trinajstić information content (AvgIpc) is 2.72. The van der Waals surface area contributed by atoms with Crippen LogP contribution in [0.1, 0.15) is 12.0 Å². The molecule has 3 aromatic carbocycles. The fourth-order valence-electron chi connectivity index (χ4n) is 2.80. The number of carbonyl (C=O) groups excluding carboxylic acids is 1. The normalized spacial score (nSPS) is 11.1. The maximum absolute atomic E-state index is 12.9. The number of rotatable bonds is 7. The number of hydrogen-bond donors (Lipinski definition) is 0. The summed E-state index contributed by atoms with van der Waals surface area (Å²) >= 11 is 0. The SMILES string of the molecule is O=C(CCS(=O)(=O)c1ccccc1)N(Cc1ccccc1)c1ccccc1. The van der Waals surface area contributed by atoms with Gasteiger partial charge < -0.3 is 4.90 Å². The lowest BCUT2D eigenvalue weighted by Crippen LogP contribution is -2.31. The number of sulfone groups is 1. The Morgan fingerprint density at radius 3 is 1.85 bits per heavy atom. The van der Waals surface area contributed by atoms with Gasteiger partial charge in [-0.15, -0.1) is 0 Å². The summed E-state index contributed by atoms with van der Waals surface area (Å²) in [6.45, 7) is 0.398. The summed E-state index contributed by atoms with van der Waals surface area (Å²) in [7, 11) is -3.49. The standard InChI is InChI=1S/C22H21NO3S/c24-22(16-17-27(25,26)21-14-8-3-9-15-21)23(20-12-6-2-7-13-20)18-19-10-4-1-5-11-19/h1-15H,16-18H2. The summed E-state index contributed by atoms with van der Waals surface area (Å²) in [4.78, 5) is 14.8. The van der Waals surface area contributed by atoms with E-state index in [4.69, 9.17) is 0 Å². The zero-order valence-corrected chi connectivity index (χ0v) is 15.7. The van der Waals surface area contributed by atoms with E-state index in [0.29, 0.717) is 6.54 Å². The van der Waals surface area contributed by atoms with Crippen molar-refractivity contribution >= 4 is 21.4 Å². The molecule has 0 aliphatic rings. The molecule has 5 heteroatoms. The molecule has 0 bridgehead atoms. The number of carbonyl (C=O) groups is 1. The smallest absolute Gasteiger partial charge is 0.228 e. The van der Waals surface area contributed by atoms with Crippen LogP contribution in [0.5, 0.6) is 0 Å². The Hall–Kier alpha value is -2.92. The van der Waals surface area contributed by atoms with Gasteiger partial charge in [-0.2, -0.15) is 0 Å². The molecule has 0 saturated carbocycles. The summed E-state index contributed by atoms with van der Waals surface area (Å²) in [5.74, 6) is -0.432. The van der Waals surface area contributed by atoms with Gasteiger partial charge in [0.1, 0.15) is 0 Å². The molecule has 0 radical (unpaired) electrons. The summed E-state index contributed by atoms with van der Waals surface area (Å²) in [5.41, 5.74) is 1.74. The molecule has 0 spiro atoms. The van der Waals surface area contributed by atoms with Gasteiger partial charge in [0.05, 0.1) is 17.2 Å². The lowest BCUT2D eigenvalue weighted by atomic mass is 10.2. The largest absolute Gasteiger partial charge is 0.308 e. The third-order valence-corrected chi connectivity index (χ3v) is 5.97. The minimum Gasteiger partial charge on any atom is -0.308 e. The summed E-state index contributed by atoms with van der Waals surface area (Å²) in [6.07, 6.45) is -0.0705. The molecule has 1 amide bonds. The van der Waals surface area contributed by atoms with Gasteiger partial charge in [0.2, 0.25) is 5.91 Å². The summed E-state index contributed by atoms with van der Waals surface area (Å²) in [6, 6.07) is 27.2. The molecular weight excluding hydrogens is 358 g/mol. The second kappa shape index (κ2) is 8.64. The molecular formula is C22H21NO3S. The predicted molar refractivity (Wildman–Crippen MR) is 107 cm³/mol. The van der Waals surface area contributed by atoms with Gasteiger partial charge in [0.25, 0.3) is 0 Å². The van der Waals surface area contributed by atoms with E-state index < -0.39 is 9.84 Å². The van der Waals surface area contributed by atoms with E-state index in [1.54, 1.807) is 35.2 Å². The van der Waals surface area contributed by atoms with Crippen molar-refractivity contribution in [2.24, 2.45) is 0 Å². The molecule has 4 nitrogen and oxygen atoms in total. The maximum atomic E-state index is 12.9. The number of amides is 1. The number of hydrogen-bond acceptors (Lipinski definition) is 3. The number of nitrogens with zero attached hydrogens (tertiary/aromatic N) is 1. The molecule has 0 N–H and O–H groups in total. The Labute approximate surface area is 160 Å². The Kier molecular flexibility index (Phi) is 6.04. The van der Waals surface area contributed by atoms with E-state index in [-0.39, 0.29) is 23.0 Å². The molecule has 3 aromatic rings. The molecule has 138 valence electrons. The molecule has 0 aromatic heterocycles. The third kappa shape index (κ3) is 5.05. The Balaban J connectivity index is 1.77. The van der Waals surface area contributed by atoms with Gasteiger partial charge in [0.15, 0.2) is 9.84 Å². The van der Waals surface area contributed by atoms with E-state index >= 15 is 0 Å². The van der Waals surface area contributed by atoms with Crippen LogP contribution in [-0.2, 0) is 21.2 Å². The highest BCUT2D eigenvalue weighted by Gasteiger charge is 2.21. The van der Waals surface area contributed by atoms with E-state index in [9.17, 15) is 13.2 Å². The van der Waals surface area contributed by atoms with Gasteiger partial charge >= 0.3 is 0 Å². The molecule has 0 aliphatic heterocycles. The topological polar surface area (TPSA) is 54.5 Å². The minimum atomic E-state index is -3.49. The van der Waals surface area contributed by atoms with Crippen molar-refractivity contribution in [2.45, 2.75) is 17.9 Å². The summed E-state index contributed by atoms with van der Waals surface area (Å²) < 4.78 is 25.0. The molecule has 0 fully saturated rings. The first-order chi connectivity index (χ1) is 13.1. The number of para-hydroxylation sites is 1. The van der Waals surface area contributed by atoms with Crippen LogP contribution < -0.4 is 4.90 Å². The van der Waals surface area contributed by atoms with Crippen LogP contribution in [0, 0.1) is 0 Å². The average molecular weight is 379 g/mol. The lowest BCUT2D eigenvalue weighted by Gasteiger charge is -2.23. The van der Waals surface area contributed by atoms with Gasteiger partial charge in [0, 0.05) is 12.1 Å². The van der Waals surface area contributed by atoms with E-state index in [0.717, 1.165) is 11.3 Å². The van der Waals surface area contributed by atoms with Crippen LogP contribution in [0.15, 0.2) is 95.9 Å². The zero-order valence-electron chi connectivity index (χ0n) is 14.9. The number of benzene rings is 3. The van der Waals surface area contributed by atoms with E-state index in [2.05, 4.69) is 0 Å². The molecule has 0 unspecified atom stereocenters. The molecule has 0 atom stereocenters. The van der Waals surface area contributed by atoms with Crippen LogP contribution in [-0.4, -0.2) is 20.1 Å². The van der Waals surface area contributed by atoms with Crippen LogP contribution in [0.3, 0.4) is 0 Å². The van der Waals surface area contributed by atoms with Gasteiger partial charge in [-0.3, -0.25) is 4.79 Å². The van der Waals surface area contributed by atoms with Crippen molar-refractivity contribution in [1.82, 2.24) is 0 Å². The summed E-state index contributed by atoms with van der Waals surface area (Å²) in [5, 5.41) is 0.